The number of hydrogen-bond donors (Lipinski definition) is 2. The number of hydrogen-bond acceptors (Lipinski definition) is 5. The normalized spacial score (nSPS) is 10.9. The van der Waals surface area contributed by atoms with Gasteiger partial charge in [0, 0.05) is 35.8 Å². The van der Waals surface area contributed by atoms with Gasteiger partial charge in [-0.2, -0.15) is 0 Å². The van der Waals surface area contributed by atoms with Gasteiger partial charge >= 0.3 is 0 Å². The number of benzene rings is 2. The molecule has 0 fully saturated rings. The van der Waals surface area contributed by atoms with Crippen molar-refractivity contribution >= 4 is 33.9 Å². The molecule has 32 heavy (non-hydrogen) atoms. The summed E-state index contributed by atoms with van der Waals surface area (Å²) in [6, 6.07) is 13.6. The maximum atomic E-state index is 12.9. The maximum absolute atomic E-state index is 12.9. The van der Waals surface area contributed by atoms with Crippen molar-refractivity contribution in [3.05, 3.63) is 63.9 Å². The summed E-state index contributed by atoms with van der Waals surface area (Å²) < 4.78 is 10.8. The molecule has 7 nitrogen and oxygen atoms in total. The maximum Gasteiger partial charge on any atom is 0.253 e. The van der Waals surface area contributed by atoms with Crippen molar-refractivity contribution in [2.24, 2.45) is 0 Å². The molecule has 0 saturated heterocycles. The van der Waals surface area contributed by atoms with Crippen LogP contribution in [0.5, 0.6) is 11.5 Å². The lowest BCUT2D eigenvalue weighted by molar-refractivity contribution is 0.327. The van der Waals surface area contributed by atoms with Crippen molar-refractivity contribution < 1.29 is 9.47 Å². The minimum absolute atomic E-state index is 0.155. The van der Waals surface area contributed by atoms with Crippen LogP contribution in [0.3, 0.4) is 0 Å². The first-order chi connectivity index (χ1) is 15.3. The number of aromatic nitrogens is 1. The second-order valence-corrected chi connectivity index (χ2v) is 8.33. The molecule has 3 aromatic rings. The standard InChI is InChI=1S/C24H30N4O3S/c1-16-7-6-8-19(11-16)25-24(32)28(10-9-27(2)3)15-18-12-17-13-21(30-4)22(31-5)14-20(17)26-23(18)29/h6-8,11-14H,9-10,15H2,1-5H3,(H,25,32)(H,26,29). The van der Waals surface area contributed by atoms with E-state index in [9.17, 15) is 4.79 Å². The molecule has 0 aliphatic rings. The summed E-state index contributed by atoms with van der Waals surface area (Å²) in [6.45, 7) is 3.89. The van der Waals surface area contributed by atoms with E-state index in [-0.39, 0.29) is 5.56 Å². The molecular weight excluding hydrogens is 424 g/mol. The van der Waals surface area contributed by atoms with Crippen molar-refractivity contribution in [1.29, 1.82) is 0 Å². The number of nitrogens with one attached hydrogen (secondary N) is 2. The van der Waals surface area contributed by atoms with Gasteiger partial charge in [-0.3, -0.25) is 4.79 Å². The van der Waals surface area contributed by atoms with Crippen molar-refractivity contribution in [1.82, 2.24) is 14.8 Å². The number of aromatic amines is 1. The number of fused-ring (bicyclic) bond motifs is 1. The van der Waals surface area contributed by atoms with Gasteiger partial charge in [-0.25, -0.2) is 0 Å². The summed E-state index contributed by atoms with van der Waals surface area (Å²) in [7, 11) is 7.19. The third kappa shape index (κ3) is 5.77. The van der Waals surface area contributed by atoms with Gasteiger partial charge in [-0.05, 0) is 63.1 Å². The summed E-state index contributed by atoms with van der Waals surface area (Å²) in [5.41, 5.74) is 3.23. The minimum atomic E-state index is -0.155. The van der Waals surface area contributed by atoms with E-state index in [1.165, 1.54) is 0 Å². The van der Waals surface area contributed by atoms with Crippen molar-refractivity contribution in [3.63, 3.8) is 0 Å². The Morgan fingerprint density at radius 3 is 2.44 bits per heavy atom. The number of likely N-dealkylation sites (N-methyl/N-ethyl adjacent to an activating group) is 1. The molecule has 0 bridgehead atoms. The van der Waals surface area contributed by atoms with Crippen LogP contribution in [0.15, 0.2) is 47.3 Å². The number of thiocarbonyl (C=S) groups is 1. The van der Waals surface area contributed by atoms with Gasteiger partial charge in [-0.1, -0.05) is 12.1 Å². The zero-order valence-corrected chi connectivity index (χ0v) is 20.0. The summed E-state index contributed by atoms with van der Waals surface area (Å²) >= 11 is 5.71. The molecule has 1 aromatic heterocycles. The Hall–Kier alpha value is -3.10. The molecule has 0 aliphatic heterocycles. The Morgan fingerprint density at radius 1 is 1.06 bits per heavy atom. The Morgan fingerprint density at radius 2 is 1.78 bits per heavy atom. The largest absolute Gasteiger partial charge is 0.493 e. The highest BCUT2D eigenvalue weighted by Crippen LogP contribution is 2.31. The van der Waals surface area contributed by atoms with Crippen molar-refractivity contribution in [3.8, 4) is 11.5 Å². The Balaban J connectivity index is 1.91. The molecule has 0 aliphatic carbocycles. The molecule has 8 heteroatoms. The summed E-state index contributed by atoms with van der Waals surface area (Å²) in [5.74, 6) is 1.18. The first-order valence-corrected chi connectivity index (χ1v) is 10.8. The summed E-state index contributed by atoms with van der Waals surface area (Å²) in [5, 5.41) is 4.74. The number of aryl methyl sites for hydroxylation is 1. The molecule has 3 rings (SSSR count). The second kappa shape index (κ2) is 10.5. The van der Waals surface area contributed by atoms with Gasteiger partial charge in [0.15, 0.2) is 16.6 Å². The highest BCUT2D eigenvalue weighted by Gasteiger charge is 2.15. The number of ether oxygens (including phenoxy) is 2. The van der Waals surface area contributed by atoms with Crippen LogP contribution in [-0.4, -0.2) is 61.3 Å². The van der Waals surface area contributed by atoms with E-state index < -0.39 is 0 Å². The Labute approximate surface area is 193 Å². The zero-order chi connectivity index (χ0) is 23.3. The fourth-order valence-corrected chi connectivity index (χ4v) is 3.67. The van der Waals surface area contributed by atoms with E-state index in [1.807, 2.05) is 62.3 Å². The minimum Gasteiger partial charge on any atom is -0.493 e. The first kappa shape index (κ1) is 23.6. The van der Waals surface area contributed by atoms with E-state index in [0.29, 0.717) is 40.8 Å². The van der Waals surface area contributed by atoms with Crippen molar-refractivity contribution in [2.75, 3.05) is 46.7 Å². The SMILES string of the molecule is COc1cc2cc(CN(CCN(C)C)C(=S)Nc3cccc(C)c3)c(=O)[nH]c2cc1OC. The van der Waals surface area contributed by atoms with Gasteiger partial charge in [0.05, 0.1) is 26.3 Å². The number of methoxy groups -OCH3 is 2. The summed E-state index contributed by atoms with van der Waals surface area (Å²) in [6.07, 6.45) is 0. The smallest absolute Gasteiger partial charge is 0.253 e. The number of pyridine rings is 1. The van der Waals surface area contributed by atoms with Crippen LogP contribution in [0.1, 0.15) is 11.1 Å². The average Bonchev–Trinajstić information content (AvgIpc) is 2.75. The monoisotopic (exact) mass is 454 g/mol. The van der Waals surface area contributed by atoms with Crippen LogP contribution in [0.4, 0.5) is 5.69 Å². The third-order valence-corrected chi connectivity index (χ3v) is 5.52. The van der Waals surface area contributed by atoms with Gasteiger partial charge in [0.2, 0.25) is 0 Å². The van der Waals surface area contributed by atoms with E-state index in [1.54, 1.807) is 20.3 Å². The van der Waals surface area contributed by atoms with Crippen LogP contribution in [0.25, 0.3) is 10.9 Å². The fourth-order valence-electron chi connectivity index (χ4n) is 3.40. The molecule has 0 atom stereocenters. The molecule has 2 N–H and O–H groups in total. The van der Waals surface area contributed by atoms with Gasteiger partial charge < -0.3 is 29.6 Å². The quantitative estimate of drug-likeness (QED) is 0.504. The lowest BCUT2D eigenvalue weighted by Gasteiger charge is -2.27. The van der Waals surface area contributed by atoms with Crippen molar-refractivity contribution in [2.45, 2.75) is 13.5 Å². The fraction of sp³-hybridized carbons (Fsp3) is 0.333. The molecule has 0 radical (unpaired) electrons. The van der Waals surface area contributed by atoms with E-state index in [4.69, 9.17) is 21.7 Å². The van der Waals surface area contributed by atoms with Crippen LogP contribution in [-0.2, 0) is 6.54 Å². The highest BCUT2D eigenvalue weighted by molar-refractivity contribution is 7.80. The molecule has 2 aromatic carbocycles. The van der Waals surface area contributed by atoms with Crippen LogP contribution in [0, 0.1) is 6.92 Å². The number of anilines is 1. The number of H-pyrrole nitrogens is 1. The number of nitrogens with zero attached hydrogens (tertiary/aromatic N) is 2. The zero-order valence-electron chi connectivity index (χ0n) is 19.2. The molecule has 0 saturated carbocycles. The molecule has 1 heterocycles. The molecule has 0 spiro atoms. The predicted molar refractivity (Wildman–Crippen MR) is 134 cm³/mol. The average molecular weight is 455 g/mol. The Kier molecular flexibility index (Phi) is 7.71. The van der Waals surface area contributed by atoms with Gasteiger partial charge in [-0.15, -0.1) is 0 Å². The highest BCUT2D eigenvalue weighted by atomic mass is 32.1. The Bertz CT molecular complexity index is 1160. The lowest BCUT2D eigenvalue weighted by Crippen LogP contribution is -2.40. The van der Waals surface area contributed by atoms with Crippen LogP contribution < -0.4 is 20.3 Å². The van der Waals surface area contributed by atoms with Crippen LogP contribution >= 0.6 is 12.2 Å². The third-order valence-electron chi connectivity index (χ3n) is 5.16. The lowest BCUT2D eigenvalue weighted by atomic mass is 10.1. The van der Waals surface area contributed by atoms with Gasteiger partial charge in [0.25, 0.3) is 5.56 Å². The van der Waals surface area contributed by atoms with E-state index in [0.717, 1.165) is 23.2 Å². The molecule has 0 amide bonds. The second-order valence-electron chi connectivity index (χ2n) is 7.94. The van der Waals surface area contributed by atoms with E-state index >= 15 is 0 Å². The first-order valence-electron chi connectivity index (χ1n) is 10.4. The molecule has 170 valence electrons. The molecular formula is C24H30N4O3S. The topological polar surface area (TPSA) is 69.8 Å². The van der Waals surface area contributed by atoms with Gasteiger partial charge in [0.1, 0.15) is 0 Å². The molecule has 0 unspecified atom stereocenters. The summed E-state index contributed by atoms with van der Waals surface area (Å²) in [4.78, 5) is 19.9. The predicted octanol–water partition coefficient (Wildman–Crippen LogP) is 3.61. The van der Waals surface area contributed by atoms with Crippen LogP contribution in [0.2, 0.25) is 0 Å². The van der Waals surface area contributed by atoms with E-state index in [2.05, 4.69) is 15.2 Å². The number of rotatable bonds is 8.